The molecule has 3 nitrogen and oxygen atoms in total. The standard InChI is InChI=1S/2C48H41N.C42H37N/c1-47(2)44-27-17-26-42(46(44)43-29-28-36(33-45(43)48(47,3)4)34-18-9-5-10-19-34)38-30-37(35-20-11-6-12-21-35)31-41(32-38)49(39-22-13-7-14-23-39)40-24-15-8-16-25-40;1-47(2)43-28-17-27-41(46(43)42-31-30-36(33-44(42)48(47,3)4)34-18-8-5-9-19-34)37-22-16-25-39(32-37)49(38-23-12-7-13-24-38)45-29-15-14-26-40(45)35-20-10-6-11-21-35;1-41(2)37-26-13-11-24-36(37)40-35(25-16-27-38(40)42(41,3)4)31-19-15-22-33(29-31)43(32-20-9-6-10-21-32)39-28-14-12-23-34(39)30-17-7-5-8-18-30/h2*5-33H,1-4H3;5-29H,1-4H3. The van der Waals surface area contributed by atoms with E-state index in [1.807, 2.05) is 0 Å². The van der Waals surface area contributed by atoms with E-state index in [1.165, 1.54) is 156 Å². The van der Waals surface area contributed by atoms with Gasteiger partial charge in [0.2, 0.25) is 0 Å². The molecule has 0 saturated heterocycles. The summed E-state index contributed by atoms with van der Waals surface area (Å²) < 4.78 is 0. The van der Waals surface area contributed by atoms with Gasteiger partial charge in [0.15, 0.2) is 0 Å². The Morgan fingerprint density at radius 2 is 0.355 bits per heavy atom. The molecular formula is C138H119N3. The third-order valence-corrected chi connectivity index (χ3v) is 31.9. The molecule has 0 amide bonds. The zero-order valence-corrected chi connectivity index (χ0v) is 82.8. The average molecular weight is 1820 g/mol. The maximum atomic E-state index is 2.45. The van der Waals surface area contributed by atoms with E-state index in [2.05, 4.69) is 601 Å². The Balaban J connectivity index is 0.000000126. The van der Waals surface area contributed by atoms with Crippen LogP contribution in [0.4, 0.5) is 51.2 Å². The second-order valence-corrected chi connectivity index (χ2v) is 41.1. The quantitative estimate of drug-likeness (QED) is 0.0900. The number of fused-ring (bicyclic) bond motifs is 9. The molecule has 23 rings (SSSR count). The zero-order chi connectivity index (χ0) is 96.8. The van der Waals surface area contributed by atoms with Crippen LogP contribution in [-0.2, 0) is 32.5 Å². The molecule has 20 aromatic carbocycles. The molecule has 0 N–H and O–H groups in total. The smallest absolute Gasteiger partial charge is 0.0540 e. The summed E-state index contributed by atoms with van der Waals surface area (Å²) in [5, 5.41) is 0. The number of anilines is 9. The number of para-hydroxylation sites is 6. The van der Waals surface area contributed by atoms with E-state index in [0.29, 0.717) is 0 Å². The third-order valence-electron chi connectivity index (χ3n) is 31.9. The first-order chi connectivity index (χ1) is 68.5. The van der Waals surface area contributed by atoms with Crippen molar-refractivity contribution in [1.29, 1.82) is 0 Å². The van der Waals surface area contributed by atoms with Gasteiger partial charge in [-0.2, -0.15) is 0 Å². The lowest BCUT2D eigenvalue weighted by Crippen LogP contribution is -2.43. The molecule has 0 bridgehead atoms. The molecule has 0 fully saturated rings. The molecule has 0 aromatic heterocycles. The van der Waals surface area contributed by atoms with E-state index in [-0.39, 0.29) is 32.5 Å². The van der Waals surface area contributed by atoms with Crippen LogP contribution < -0.4 is 14.7 Å². The molecule has 20 aromatic rings. The van der Waals surface area contributed by atoms with E-state index in [4.69, 9.17) is 0 Å². The maximum absolute atomic E-state index is 2.45. The summed E-state index contributed by atoms with van der Waals surface area (Å²) in [5.74, 6) is 0. The van der Waals surface area contributed by atoms with Gasteiger partial charge >= 0.3 is 0 Å². The zero-order valence-electron chi connectivity index (χ0n) is 82.8. The van der Waals surface area contributed by atoms with Gasteiger partial charge in [0.25, 0.3) is 0 Å². The van der Waals surface area contributed by atoms with Gasteiger partial charge < -0.3 is 14.7 Å². The number of hydrogen-bond donors (Lipinski definition) is 0. The van der Waals surface area contributed by atoms with Crippen molar-refractivity contribution in [2.24, 2.45) is 0 Å². The molecule has 0 radical (unpaired) electrons. The predicted molar refractivity (Wildman–Crippen MR) is 601 cm³/mol. The van der Waals surface area contributed by atoms with E-state index >= 15 is 0 Å². The van der Waals surface area contributed by atoms with Crippen LogP contribution in [0, 0.1) is 0 Å². The summed E-state index contributed by atoms with van der Waals surface area (Å²) in [6, 6.07) is 183. The lowest BCUT2D eigenvalue weighted by molar-refractivity contribution is 0.299. The highest BCUT2D eigenvalue weighted by molar-refractivity contribution is 5.99. The molecular weight excluding hydrogens is 1700 g/mol. The Bertz CT molecular complexity index is 7880. The Hall–Kier alpha value is -16.2. The largest absolute Gasteiger partial charge is 0.310 e. The van der Waals surface area contributed by atoms with Gasteiger partial charge in [-0.25, -0.2) is 0 Å². The summed E-state index contributed by atoms with van der Waals surface area (Å²) in [7, 11) is 0. The molecule has 0 heterocycles. The first kappa shape index (κ1) is 91.2. The Morgan fingerprint density at radius 3 is 0.723 bits per heavy atom. The molecule has 0 unspecified atom stereocenters. The molecule has 686 valence electrons. The Morgan fingerprint density at radius 1 is 0.121 bits per heavy atom. The summed E-state index contributed by atoms with van der Waals surface area (Å²) in [5.41, 5.74) is 45.9. The first-order valence-electron chi connectivity index (χ1n) is 49.8. The van der Waals surface area contributed by atoms with E-state index in [9.17, 15) is 0 Å². The van der Waals surface area contributed by atoms with Gasteiger partial charge in [0.1, 0.15) is 0 Å². The lowest BCUT2D eigenvalue weighted by Gasteiger charge is -2.49. The van der Waals surface area contributed by atoms with Crippen molar-refractivity contribution in [3.05, 3.63) is 537 Å². The molecule has 0 atom stereocenters. The highest BCUT2D eigenvalue weighted by Gasteiger charge is 2.50. The van der Waals surface area contributed by atoms with Crippen LogP contribution in [0.3, 0.4) is 0 Å². The van der Waals surface area contributed by atoms with Crippen LogP contribution in [0.1, 0.15) is 116 Å². The van der Waals surface area contributed by atoms with Crippen molar-refractivity contribution in [3.63, 3.8) is 0 Å². The first-order valence-corrected chi connectivity index (χ1v) is 49.8. The fraction of sp³-hybridized carbons (Fsp3) is 0.130. The van der Waals surface area contributed by atoms with Gasteiger partial charge in [-0.3, -0.25) is 0 Å². The van der Waals surface area contributed by atoms with Crippen LogP contribution in [0.2, 0.25) is 0 Å². The van der Waals surface area contributed by atoms with Crippen LogP contribution in [0.5, 0.6) is 0 Å². The minimum atomic E-state index is -0.110. The van der Waals surface area contributed by atoms with Crippen molar-refractivity contribution in [2.75, 3.05) is 14.7 Å². The van der Waals surface area contributed by atoms with Crippen LogP contribution in [-0.4, -0.2) is 0 Å². The molecule has 3 aliphatic carbocycles. The summed E-state index contributed by atoms with van der Waals surface area (Å²) in [6.07, 6.45) is 0. The highest BCUT2D eigenvalue weighted by Crippen LogP contribution is 2.62. The molecule has 3 heteroatoms. The highest BCUT2D eigenvalue weighted by atomic mass is 15.2. The second kappa shape index (κ2) is 37.6. The number of hydrogen-bond acceptors (Lipinski definition) is 3. The summed E-state index contributed by atoms with van der Waals surface area (Å²) in [6.45, 7) is 28.9. The molecule has 0 saturated carbocycles. The van der Waals surface area contributed by atoms with Crippen LogP contribution >= 0.6 is 0 Å². The average Bonchev–Trinajstić information content (AvgIpc) is 0.709. The predicted octanol–water partition coefficient (Wildman–Crippen LogP) is 38.5. The number of nitrogens with zero attached hydrogens (tertiary/aromatic N) is 3. The monoisotopic (exact) mass is 1820 g/mol. The lowest BCUT2D eigenvalue weighted by atomic mass is 9.54. The minimum absolute atomic E-state index is 0.00230. The Labute approximate surface area is 834 Å². The maximum Gasteiger partial charge on any atom is 0.0540 e. The SMILES string of the molecule is CC1(C)c2cc(-c3ccccc3)ccc2-c2c(-c3cc(-c4ccccc4)cc(N(c4ccccc4)c4ccccc4)c3)cccc2C1(C)C.CC1(C)c2cc(-c3ccccc3)ccc2-c2c(-c3cccc(N(c4ccccc4)c4ccccc4-c4ccccc4)c3)cccc2C1(C)C.CC1(C)c2ccccc2-c2c(-c3cccc(N(c4ccccc4)c4ccccc4-c4ccccc4)c3)cccc2C1(C)C. The fourth-order valence-corrected chi connectivity index (χ4v) is 22.2. The Kier molecular flexibility index (Phi) is 24.3. The van der Waals surface area contributed by atoms with E-state index in [0.717, 1.165) is 51.2 Å². The summed E-state index contributed by atoms with van der Waals surface area (Å²) >= 11 is 0. The second-order valence-electron chi connectivity index (χ2n) is 41.1. The van der Waals surface area contributed by atoms with Gasteiger partial charge in [-0.05, 0) is 292 Å². The van der Waals surface area contributed by atoms with E-state index in [1.54, 1.807) is 0 Å². The van der Waals surface area contributed by atoms with Gasteiger partial charge in [0.05, 0.1) is 11.4 Å². The molecule has 0 aliphatic heterocycles. The summed E-state index contributed by atoms with van der Waals surface area (Å²) in [4.78, 5) is 7.16. The van der Waals surface area contributed by atoms with Crippen molar-refractivity contribution < 1.29 is 0 Å². The van der Waals surface area contributed by atoms with E-state index < -0.39 is 0 Å². The van der Waals surface area contributed by atoms with Gasteiger partial charge in [-0.1, -0.05) is 471 Å². The third kappa shape index (κ3) is 16.7. The van der Waals surface area contributed by atoms with Crippen molar-refractivity contribution in [2.45, 2.75) is 116 Å². The molecule has 0 spiro atoms. The minimum Gasteiger partial charge on any atom is -0.310 e. The molecule has 3 aliphatic rings. The topological polar surface area (TPSA) is 9.72 Å². The van der Waals surface area contributed by atoms with Crippen molar-refractivity contribution in [3.8, 4) is 122 Å². The van der Waals surface area contributed by atoms with Crippen molar-refractivity contribution >= 4 is 51.2 Å². The number of benzene rings is 20. The van der Waals surface area contributed by atoms with Crippen LogP contribution in [0.15, 0.2) is 504 Å². The van der Waals surface area contributed by atoms with Gasteiger partial charge in [-0.15, -0.1) is 0 Å². The normalized spacial score (nSPS) is 14.2. The van der Waals surface area contributed by atoms with Gasteiger partial charge in [0, 0.05) is 50.9 Å². The van der Waals surface area contributed by atoms with Crippen LogP contribution in [0.25, 0.3) is 122 Å². The van der Waals surface area contributed by atoms with Crippen molar-refractivity contribution in [1.82, 2.24) is 0 Å². The number of rotatable bonds is 17. The molecule has 141 heavy (non-hydrogen) atoms. The fourth-order valence-electron chi connectivity index (χ4n) is 22.2.